The standard InChI is InChI=1S/C72H140O17P2/c1-8-9-10-11-12-13-14-24-27-30-39-46-53-69(74)82-59-67(88-71(76)55-48-41-31-28-25-22-20-18-16-15-17-19-21-23-26-29-36-43-50-63(2)3)61-86-90(78,79)84-57-66(73)58-85-91(80,81)87-62-68(89-72(77)56-49-42-35-33-38-45-52-65(6)7)60-83-70(75)54-47-40-34-32-37-44-51-64(4)5/h63-68,73H,8-62H2,1-7H3,(H,78,79)(H,80,81)/t66-,67-,68-/m1/s1. The average Bonchev–Trinajstić information content (AvgIpc) is 2.70. The third kappa shape index (κ3) is 66.5. The minimum atomic E-state index is -4.95. The fraction of sp³-hybridized carbons (Fsp3) is 0.944. The molecule has 0 rings (SSSR count). The highest BCUT2D eigenvalue weighted by Gasteiger charge is 2.30. The second-order valence-electron chi connectivity index (χ2n) is 27.4. The molecule has 0 aliphatic rings. The first-order valence-corrected chi connectivity index (χ1v) is 40.3. The Morgan fingerprint density at radius 3 is 0.747 bits per heavy atom. The van der Waals surface area contributed by atoms with Crippen LogP contribution in [0.25, 0.3) is 0 Å². The van der Waals surface area contributed by atoms with Gasteiger partial charge in [-0.05, 0) is 43.4 Å². The SMILES string of the molecule is CCCCCCCCCCCCCCC(=O)OC[C@H](COP(=O)(O)OC[C@@H](O)COP(=O)(O)OC[C@@H](COC(=O)CCCCCCCCC(C)C)OC(=O)CCCCCCCCC(C)C)OC(=O)CCCCCCCCCCCCCCCCCCCCC(C)C. The topological polar surface area (TPSA) is 237 Å². The van der Waals surface area contributed by atoms with Crippen LogP contribution in [-0.4, -0.2) is 96.7 Å². The fourth-order valence-corrected chi connectivity index (χ4v) is 12.5. The quantitative estimate of drug-likeness (QED) is 0.0222. The van der Waals surface area contributed by atoms with Gasteiger partial charge in [-0.1, -0.05) is 312 Å². The first kappa shape index (κ1) is 89.1. The first-order chi connectivity index (χ1) is 43.7. The molecule has 5 atom stereocenters. The Hall–Kier alpha value is -1.94. The van der Waals surface area contributed by atoms with Gasteiger partial charge in [-0.3, -0.25) is 37.3 Å². The summed E-state index contributed by atoms with van der Waals surface area (Å²) < 4.78 is 68.2. The summed E-state index contributed by atoms with van der Waals surface area (Å²) >= 11 is 0. The van der Waals surface area contributed by atoms with Crippen molar-refractivity contribution in [3.8, 4) is 0 Å². The van der Waals surface area contributed by atoms with Crippen LogP contribution in [0.5, 0.6) is 0 Å². The van der Waals surface area contributed by atoms with Crippen LogP contribution >= 0.6 is 15.6 Å². The summed E-state index contributed by atoms with van der Waals surface area (Å²) in [4.78, 5) is 72.5. The third-order valence-electron chi connectivity index (χ3n) is 16.6. The number of hydrogen-bond acceptors (Lipinski definition) is 15. The molecule has 0 aliphatic carbocycles. The zero-order valence-electron chi connectivity index (χ0n) is 59.3. The van der Waals surface area contributed by atoms with E-state index in [1.54, 1.807) is 0 Å². The number of aliphatic hydroxyl groups excluding tert-OH is 1. The number of carbonyl (C=O) groups excluding carboxylic acids is 4. The van der Waals surface area contributed by atoms with Crippen LogP contribution in [0.4, 0.5) is 0 Å². The van der Waals surface area contributed by atoms with Gasteiger partial charge in [-0.25, -0.2) is 9.13 Å². The molecule has 19 heteroatoms. The van der Waals surface area contributed by atoms with Crippen LogP contribution < -0.4 is 0 Å². The van der Waals surface area contributed by atoms with Crippen LogP contribution in [0.2, 0.25) is 0 Å². The van der Waals surface area contributed by atoms with Gasteiger partial charge in [-0.15, -0.1) is 0 Å². The summed E-state index contributed by atoms with van der Waals surface area (Å²) in [5.41, 5.74) is 0. The molecule has 0 bridgehead atoms. The Bertz CT molecular complexity index is 1780. The first-order valence-electron chi connectivity index (χ1n) is 37.3. The van der Waals surface area contributed by atoms with Gasteiger partial charge in [0.1, 0.15) is 19.3 Å². The lowest BCUT2D eigenvalue weighted by Crippen LogP contribution is -2.30. The van der Waals surface area contributed by atoms with E-state index in [9.17, 15) is 43.2 Å². The molecule has 0 radical (unpaired) electrons. The lowest BCUT2D eigenvalue weighted by atomic mass is 10.0. The summed E-state index contributed by atoms with van der Waals surface area (Å²) in [5.74, 6) is 0.0389. The Morgan fingerprint density at radius 1 is 0.297 bits per heavy atom. The van der Waals surface area contributed by atoms with Crippen molar-refractivity contribution in [1.82, 2.24) is 0 Å². The molecule has 91 heavy (non-hydrogen) atoms. The van der Waals surface area contributed by atoms with E-state index in [4.69, 9.17) is 37.0 Å². The summed E-state index contributed by atoms with van der Waals surface area (Å²) in [6.07, 6.45) is 47.7. The molecular weight excluding hydrogens is 1200 g/mol. The maximum atomic E-state index is 13.0. The number of hydrogen-bond donors (Lipinski definition) is 3. The Balaban J connectivity index is 5.16. The molecule has 0 heterocycles. The Labute approximate surface area is 556 Å². The van der Waals surface area contributed by atoms with E-state index in [1.807, 2.05) is 0 Å². The molecule has 540 valence electrons. The van der Waals surface area contributed by atoms with E-state index >= 15 is 0 Å². The van der Waals surface area contributed by atoms with Crippen LogP contribution in [-0.2, 0) is 65.4 Å². The fourth-order valence-electron chi connectivity index (χ4n) is 10.9. The maximum Gasteiger partial charge on any atom is 0.472 e. The van der Waals surface area contributed by atoms with Crippen molar-refractivity contribution in [3.63, 3.8) is 0 Å². The van der Waals surface area contributed by atoms with Gasteiger partial charge in [0.2, 0.25) is 0 Å². The van der Waals surface area contributed by atoms with Gasteiger partial charge >= 0.3 is 39.5 Å². The largest absolute Gasteiger partial charge is 0.472 e. The van der Waals surface area contributed by atoms with Crippen molar-refractivity contribution in [2.24, 2.45) is 17.8 Å². The van der Waals surface area contributed by atoms with Gasteiger partial charge in [-0.2, -0.15) is 0 Å². The highest BCUT2D eigenvalue weighted by molar-refractivity contribution is 7.47. The number of esters is 4. The zero-order chi connectivity index (χ0) is 67.3. The smallest absolute Gasteiger partial charge is 0.462 e. The predicted octanol–water partition coefficient (Wildman–Crippen LogP) is 20.6. The summed E-state index contributed by atoms with van der Waals surface area (Å²) in [6, 6.07) is 0. The molecule has 0 spiro atoms. The minimum absolute atomic E-state index is 0.101. The molecule has 3 N–H and O–H groups in total. The molecule has 0 aromatic rings. The van der Waals surface area contributed by atoms with Crippen molar-refractivity contribution in [3.05, 3.63) is 0 Å². The van der Waals surface area contributed by atoms with E-state index in [0.29, 0.717) is 37.5 Å². The van der Waals surface area contributed by atoms with Crippen molar-refractivity contribution < 1.29 is 80.2 Å². The van der Waals surface area contributed by atoms with Crippen molar-refractivity contribution in [1.29, 1.82) is 0 Å². The average molecular weight is 1340 g/mol. The lowest BCUT2D eigenvalue weighted by Gasteiger charge is -2.21. The highest BCUT2D eigenvalue weighted by Crippen LogP contribution is 2.45. The van der Waals surface area contributed by atoms with Crippen molar-refractivity contribution in [2.75, 3.05) is 39.6 Å². The molecule has 2 unspecified atom stereocenters. The van der Waals surface area contributed by atoms with Crippen LogP contribution in [0, 0.1) is 17.8 Å². The normalized spacial score (nSPS) is 14.2. The number of unbranched alkanes of at least 4 members (excludes halogenated alkanes) is 38. The molecule has 0 saturated carbocycles. The van der Waals surface area contributed by atoms with Gasteiger partial charge in [0.05, 0.1) is 26.4 Å². The number of aliphatic hydroxyl groups is 1. The van der Waals surface area contributed by atoms with E-state index in [1.165, 1.54) is 167 Å². The minimum Gasteiger partial charge on any atom is -0.462 e. The van der Waals surface area contributed by atoms with Crippen LogP contribution in [0.1, 0.15) is 363 Å². The number of ether oxygens (including phenoxy) is 4. The highest BCUT2D eigenvalue weighted by atomic mass is 31.2. The molecule has 0 aliphatic heterocycles. The monoisotopic (exact) mass is 1340 g/mol. The second-order valence-corrected chi connectivity index (χ2v) is 30.3. The number of phosphoric ester groups is 2. The molecule has 0 amide bonds. The van der Waals surface area contributed by atoms with E-state index in [0.717, 1.165) is 102 Å². The zero-order valence-corrected chi connectivity index (χ0v) is 61.1. The Kier molecular flexibility index (Phi) is 61.5. The van der Waals surface area contributed by atoms with E-state index in [-0.39, 0.29) is 25.7 Å². The van der Waals surface area contributed by atoms with Gasteiger partial charge in [0, 0.05) is 25.7 Å². The van der Waals surface area contributed by atoms with Gasteiger partial charge in [0.15, 0.2) is 12.2 Å². The summed E-state index contributed by atoms with van der Waals surface area (Å²) in [7, 11) is -9.90. The van der Waals surface area contributed by atoms with Crippen LogP contribution in [0.3, 0.4) is 0 Å². The number of phosphoric acid groups is 2. The van der Waals surface area contributed by atoms with E-state index < -0.39 is 97.5 Å². The molecule has 0 aromatic heterocycles. The van der Waals surface area contributed by atoms with Crippen molar-refractivity contribution >= 4 is 39.5 Å². The summed E-state index contributed by atoms with van der Waals surface area (Å²) in [5, 5.41) is 10.6. The predicted molar refractivity (Wildman–Crippen MR) is 368 cm³/mol. The van der Waals surface area contributed by atoms with Gasteiger partial charge < -0.3 is 33.8 Å². The molecule has 17 nitrogen and oxygen atoms in total. The van der Waals surface area contributed by atoms with Gasteiger partial charge in [0.25, 0.3) is 0 Å². The summed E-state index contributed by atoms with van der Waals surface area (Å²) in [6.45, 7) is 11.7. The molecule has 0 aromatic carbocycles. The Morgan fingerprint density at radius 2 is 0.505 bits per heavy atom. The molecule has 0 saturated heterocycles. The maximum absolute atomic E-state index is 13.0. The molecule has 0 fully saturated rings. The molecular formula is C72H140O17P2. The second kappa shape index (κ2) is 62.8. The lowest BCUT2D eigenvalue weighted by molar-refractivity contribution is -0.161. The number of rotatable bonds is 70. The van der Waals surface area contributed by atoms with E-state index in [2.05, 4.69) is 48.5 Å². The van der Waals surface area contributed by atoms with Crippen molar-refractivity contribution in [2.45, 2.75) is 381 Å². The number of carbonyl (C=O) groups is 4. The third-order valence-corrected chi connectivity index (χ3v) is 18.5. The van der Waals surface area contributed by atoms with Crippen LogP contribution in [0.15, 0.2) is 0 Å².